The number of hydrogen-bond donors (Lipinski definition) is 0. The zero-order valence-electron chi connectivity index (χ0n) is 10.6. The third kappa shape index (κ3) is 2.66. The van der Waals surface area contributed by atoms with Gasteiger partial charge in [0.25, 0.3) is 5.91 Å². The third-order valence-corrected chi connectivity index (χ3v) is 3.65. The van der Waals surface area contributed by atoms with Crippen molar-refractivity contribution in [2.45, 2.75) is 20.3 Å². The molecule has 1 aliphatic heterocycles. The molecule has 0 spiro atoms. The number of amides is 1. The number of halogens is 2. The molecule has 0 N–H and O–H groups in total. The van der Waals surface area contributed by atoms with Crippen LogP contribution in [0.1, 0.15) is 30.6 Å². The van der Waals surface area contributed by atoms with E-state index in [0.717, 1.165) is 6.42 Å². The Morgan fingerprint density at radius 2 is 1.94 bits per heavy atom. The second kappa shape index (κ2) is 5.27. The van der Waals surface area contributed by atoms with Crippen LogP contribution in [-0.2, 0) is 0 Å². The zero-order chi connectivity index (χ0) is 13.3. The lowest BCUT2D eigenvalue weighted by Crippen LogP contribution is -2.43. The highest BCUT2D eigenvalue weighted by molar-refractivity contribution is 6.33. The molecule has 1 fully saturated rings. The number of carbonyl (C=O) groups excluding carboxylic acids is 1. The largest absolute Gasteiger partial charge is 0.338 e. The quantitative estimate of drug-likeness (QED) is 0.763. The van der Waals surface area contributed by atoms with Crippen LogP contribution < -0.4 is 0 Å². The van der Waals surface area contributed by atoms with Crippen LogP contribution in [0.5, 0.6) is 0 Å². The highest BCUT2D eigenvalue weighted by atomic mass is 35.5. The molecule has 1 aromatic rings. The van der Waals surface area contributed by atoms with Crippen molar-refractivity contribution in [3.8, 4) is 0 Å². The lowest BCUT2D eigenvalue weighted by molar-refractivity contribution is 0.0618. The molecular formula is C14H17ClFNO. The molecule has 2 nitrogen and oxygen atoms in total. The topological polar surface area (TPSA) is 20.3 Å². The molecule has 0 radical (unpaired) electrons. The second-order valence-electron chi connectivity index (χ2n) is 5.25. The molecule has 0 unspecified atom stereocenters. The standard InChI is InChI=1S/C14H17ClFNO/c1-9-6-10(2)8-17(7-9)14(18)13-11(15)4-3-5-12(13)16/h3-5,9-10H,6-8H2,1-2H3/t9-,10+. The van der Waals surface area contributed by atoms with Gasteiger partial charge in [-0.15, -0.1) is 0 Å². The Morgan fingerprint density at radius 3 is 2.50 bits per heavy atom. The molecule has 2 atom stereocenters. The van der Waals surface area contributed by atoms with E-state index in [9.17, 15) is 9.18 Å². The fourth-order valence-electron chi connectivity index (χ4n) is 2.69. The minimum Gasteiger partial charge on any atom is -0.338 e. The van der Waals surface area contributed by atoms with Gasteiger partial charge in [-0.2, -0.15) is 0 Å². The van der Waals surface area contributed by atoms with Crippen LogP contribution in [0.25, 0.3) is 0 Å². The Bertz CT molecular complexity index is 433. The van der Waals surface area contributed by atoms with Crippen molar-refractivity contribution in [2.24, 2.45) is 11.8 Å². The Labute approximate surface area is 112 Å². The highest BCUT2D eigenvalue weighted by Gasteiger charge is 2.28. The van der Waals surface area contributed by atoms with Crippen LogP contribution in [-0.4, -0.2) is 23.9 Å². The molecule has 0 aromatic heterocycles. The number of piperidine rings is 1. The van der Waals surface area contributed by atoms with E-state index in [1.54, 1.807) is 11.0 Å². The Kier molecular flexibility index (Phi) is 3.91. The number of nitrogens with zero attached hydrogens (tertiary/aromatic N) is 1. The second-order valence-corrected chi connectivity index (χ2v) is 5.66. The molecule has 98 valence electrons. The van der Waals surface area contributed by atoms with E-state index in [2.05, 4.69) is 13.8 Å². The number of hydrogen-bond acceptors (Lipinski definition) is 1. The first-order valence-corrected chi connectivity index (χ1v) is 6.60. The van der Waals surface area contributed by atoms with Gasteiger partial charge < -0.3 is 4.90 Å². The van der Waals surface area contributed by atoms with Crippen molar-refractivity contribution in [3.05, 3.63) is 34.6 Å². The monoisotopic (exact) mass is 269 g/mol. The van der Waals surface area contributed by atoms with Crippen LogP contribution in [0.2, 0.25) is 5.02 Å². The number of carbonyl (C=O) groups is 1. The van der Waals surface area contributed by atoms with Gasteiger partial charge in [-0.3, -0.25) is 4.79 Å². The van der Waals surface area contributed by atoms with Gasteiger partial charge in [0.1, 0.15) is 5.82 Å². The zero-order valence-corrected chi connectivity index (χ0v) is 11.4. The van der Waals surface area contributed by atoms with Gasteiger partial charge in [0, 0.05) is 13.1 Å². The minimum atomic E-state index is -0.543. The first-order valence-electron chi connectivity index (χ1n) is 6.22. The van der Waals surface area contributed by atoms with Crippen LogP contribution in [0, 0.1) is 17.7 Å². The smallest absolute Gasteiger partial charge is 0.258 e. The van der Waals surface area contributed by atoms with E-state index in [4.69, 9.17) is 11.6 Å². The van der Waals surface area contributed by atoms with Crippen LogP contribution in [0.15, 0.2) is 18.2 Å². The first-order chi connectivity index (χ1) is 8.49. The fourth-order valence-corrected chi connectivity index (χ4v) is 2.93. The van der Waals surface area contributed by atoms with Crippen molar-refractivity contribution in [3.63, 3.8) is 0 Å². The predicted octanol–water partition coefficient (Wildman–Crippen LogP) is 3.60. The Hall–Kier alpha value is -1.09. The summed E-state index contributed by atoms with van der Waals surface area (Å²) in [5.74, 6) is 0.0568. The minimum absolute atomic E-state index is 0.000432. The van der Waals surface area contributed by atoms with Crippen molar-refractivity contribution in [1.82, 2.24) is 4.90 Å². The maximum absolute atomic E-state index is 13.7. The Morgan fingerprint density at radius 1 is 1.33 bits per heavy atom. The molecule has 1 amide bonds. The predicted molar refractivity (Wildman–Crippen MR) is 70.3 cm³/mol. The van der Waals surface area contributed by atoms with E-state index in [-0.39, 0.29) is 16.5 Å². The van der Waals surface area contributed by atoms with Crippen molar-refractivity contribution in [2.75, 3.05) is 13.1 Å². The molecule has 2 rings (SSSR count). The van der Waals surface area contributed by atoms with Crippen LogP contribution in [0.4, 0.5) is 4.39 Å². The molecule has 18 heavy (non-hydrogen) atoms. The lowest BCUT2D eigenvalue weighted by atomic mass is 9.91. The Balaban J connectivity index is 2.26. The van der Waals surface area contributed by atoms with Crippen molar-refractivity contribution in [1.29, 1.82) is 0 Å². The summed E-state index contributed by atoms with van der Waals surface area (Å²) in [5, 5.41) is 0.186. The SMILES string of the molecule is C[C@@H]1C[C@H](C)CN(C(=O)c2c(F)cccc2Cl)C1. The van der Waals surface area contributed by atoms with Crippen molar-refractivity contribution < 1.29 is 9.18 Å². The van der Waals surface area contributed by atoms with Gasteiger partial charge in [-0.25, -0.2) is 4.39 Å². The normalized spacial score (nSPS) is 24.1. The number of likely N-dealkylation sites (tertiary alicyclic amines) is 1. The maximum Gasteiger partial charge on any atom is 0.258 e. The average Bonchev–Trinajstić information content (AvgIpc) is 2.27. The molecule has 1 aliphatic rings. The number of rotatable bonds is 1. The van der Waals surface area contributed by atoms with E-state index in [1.807, 2.05) is 0 Å². The third-order valence-electron chi connectivity index (χ3n) is 3.33. The molecule has 1 heterocycles. The average molecular weight is 270 g/mol. The highest BCUT2D eigenvalue weighted by Crippen LogP contribution is 2.26. The summed E-state index contributed by atoms with van der Waals surface area (Å²) in [6.07, 6.45) is 1.11. The summed E-state index contributed by atoms with van der Waals surface area (Å²) < 4.78 is 13.7. The number of benzene rings is 1. The van der Waals surface area contributed by atoms with Gasteiger partial charge in [0.2, 0.25) is 0 Å². The molecule has 4 heteroatoms. The van der Waals surface area contributed by atoms with Gasteiger partial charge in [0.15, 0.2) is 0 Å². The fraction of sp³-hybridized carbons (Fsp3) is 0.500. The van der Waals surface area contributed by atoms with E-state index >= 15 is 0 Å². The van der Waals surface area contributed by atoms with Gasteiger partial charge in [-0.05, 0) is 30.4 Å². The van der Waals surface area contributed by atoms with E-state index in [1.165, 1.54) is 12.1 Å². The van der Waals surface area contributed by atoms with E-state index in [0.29, 0.717) is 24.9 Å². The summed E-state index contributed by atoms with van der Waals surface area (Å²) in [6.45, 7) is 5.57. The summed E-state index contributed by atoms with van der Waals surface area (Å²) in [7, 11) is 0. The molecule has 1 saturated heterocycles. The summed E-state index contributed by atoms with van der Waals surface area (Å²) in [4.78, 5) is 14.0. The maximum atomic E-state index is 13.7. The van der Waals surface area contributed by atoms with E-state index < -0.39 is 5.82 Å². The van der Waals surface area contributed by atoms with Crippen LogP contribution >= 0.6 is 11.6 Å². The van der Waals surface area contributed by atoms with Crippen molar-refractivity contribution >= 4 is 17.5 Å². The molecular weight excluding hydrogens is 253 g/mol. The van der Waals surface area contributed by atoms with Gasteiger partial charge >= 0.3 is 0 Å². The summed E-state index contributed by atoms with van der Waals surface area (Å²) in [5.41, 5.74) is 0.000432. The summed E-state index contributed by atoms with van der Waals surface area (Å²) >= 11 is 5.93. The molecule has 0 saturated carbocycles. The lowest BCUT2D eigenvalue weighted by Gasteiger charge is -2.35. The summed E-state index contributed by atoms with van der Waals surface area (Å²) in [6, 6.07) is 4.33. The molecule has 0 bridgehead atoms. The van der Waals surface area contributed by atoms with Gasteiger partial charge in [-0.1, -0.05) is 31.5 Å². The van der Waals surface area contributed by atoms with Crippen LogP contribution in [0.3, 0.4) is 0 Å². The molecule has 0 aliphatic carbocycles. The van der Waals surface area contributed by atoms with Gasteiger partial charge in [0.05, 0.1) is 10.6 Å². The molecule has 1 aromatic carbocycles. The first kappa shape index (κ1) is 13.3.